The van der Waals surface area contributed by atoms with Crippen molar-refractivity contribution in [3.8, 4) is 11.6 Å². The monoisotopic (exact) mass is 371 g/mol. The number of benzene rings is 1. The number of hydrogen-bond acceptors (Lipinski definition) is 6. The number of hydrogen-bond donors (Lipinski definition) is 1. The standard InChI is InChI=1S/C17H17N5O3S/c1-13(23)14-3-5-15(6-4-14)26(24,25)21-10-12-22-11-9-20-17(22)16-18-7-2-8-19-16/h2-9,11,21H,10,12H2,1H3. The second kappa shape index (κ2) is 7.54. The van der Waals surface area contributed by atoms with E-state index >= 15 is 0 Å². The maximum Gasteiger partial charge on any atom is 0.240 e. The molecule has 0 spiro atoms. The minimum Gasteiger partial charge on any atom is -0.327 e. The van der Waals surface area contributed by atoms with Gasteiger partial charge in [0.05, 0.1) is 4.90 Å². The summed E-state index contributed by atoms with van der Waals surface area (Å²) >= 11 is 0. The molecule has 0 radical (unpaired) electrons. The lowest BCUT2D eigenvalue weighted by atomic mass is 10.2. The maximum atomic E-state index is 12.4. The summed E-state index contributed by atoms with van der Waals surface area (Å²) in [5.41, 5.74) is 0.467. The Morgan fingerprint density at radius 1 is 1.08 bits per heavy atom. The molecule has 0 unspecified atom stereocenters. The molecule has 26 heavy (non-hydrogen) atoms. The molecule has 1 N–H and O–H groups in total. The van der Waals surface area contributed by atoms with Crippen LogP contribution in [0.3, 0.4) is 0 Å². The van der Waals surface area contributed by atoms with Gasteiger partial charge in [0.25, 0.3) is 0 Å². The molecule has 0 bridgehead atoms. The number of imidazole rings is 1. The molecule has 1 aromatic carbocycles. The van der Waals surface area contributed by atoms with Gasteiger partial charge in [-0.3, -0.25) is 4.79 Å². The van der Waals surface area contributed by atoms with Crippen LogP contribution in [-0.2, 0) is 16.6 Å². The third-order valence-corrected chi connectivity index (χ3v) is 5.17. The molecule has 3 aromatic rings. The summed E-state index contributed by atoms with van der Waals surface area (Å²) in [4.78, 5) is 23.9. The van der Waals surface area contributed by atoms with Gasteiger partial charge in [-0.1, -0.05) is 12.1 Å². The first-order valence-electron chi connectivity index (χ1n) is 7.86. The molecule has 0 amide bonds. The van der Waals surface area contributed by atoms with Crippen LogP contribution in [0, 0.1) is 0 Å². The summed E-state index contributed by atoms with van der Waals surface area (Å²) in [6.07, 6.45) is 6.59. The zero-order valence-corrected chi connectivity index (χ0v) is 14.8. The van der Waals surface area contributed by atoms with E-state index in [0.29, 0.717) is 23.8 Å². The van der Waals surface area contributed by atoms with Crippen LogP contribution < -0.4 is 4.72 Å². The van der Waals surface area contributed by atoms with Gasteiger partial charge in [-0.15, -0.1) is 0 Å². The number of nitrogens with one attached hydrogen (secondary N) is 1. The van der Waals surface area contributed by atoms with Crippen molar-refractivity contribution in [3.05, 3.63) is 60.7 Å². The van der Waals surface area contributed by atoms with Gasteiger partial charge in [0.15, 0.2) is 17.4 Å². The second-order valence-electron chi connectivity index (χ2n) is 5.49. The average Bonchev–Trinajstić information content (AvgIpc) is 3.11. The Kier molecular flexibility index (Phi) is 5.19. The molecule has 0 aliphatic rings. The molecular formula is C17H17N5O3S. The first-order chi connectivity index (χ1) is 12.5. The number of carbonyl (C=O) groups excluding carboxylic acids is 1. The van der Waals surface area contributed by atoms with Crippen LogP contribution in [0.25, 0.3) is 11.6 Å². The molecule has 2 aromatic heterocycles. The summed E-state index contributed by atoms with van der Waals surface area (Å²) in [6.45, 7) is 1.98. The molecule has 9 heteroatoms. The molecule has 0 saturated carbocycles. The average molecular weight is 371 g/mol. The number of sulfonamides is 1. The van der Waals surface area contributed by atoms with Crippen LogP contribution in [0.1, 0.15) is 17.3 Å². The van der Waals surface area contributed by atoms with Crippen molar-refractivity contribution in [2.24, 2.45) is 0 Å². The van der Waals surface area contributed by atoms with Crippen molar-refractivity contribution < 1.29 is 13.2 Å². The van der Waals surface area contributed by atoms with Crippen LogP contribution in [0.2, 0.25) is 0 Å². The van der Waals surface area contributed by atoms with Gasteiger partial charge >= 0.3 is 0 Å². The normalized spacial score (nSPS) is 11.4. The van der Waals surface area contributed by atoms with E-state index in [0.717, 1.165) is 0 Å². The number of nitrogens with zero attached hydrogens (tertiary/aromatic N) is 4. The molecule has 0 aliphatic heterocycles. The van der Waals surface area contributed by atoms with Crippen LogP contribution >= 0.6 is 0 Å². The fraction of sp³-hybridized carbons (Fsp3) is 0.176. The lowest BCUT2D eigenvalue weighted by Crippen LogP contribution is -2.27. The van der Waals surface area contributed by atoms with Crippen LogP contribution in [0.15, 0.2) is 60.0 Å². The number of aromatic nitrogens is 4. The third kappa shape index (κ3) is 4.01. The third-order valence-electron chi connectivity index (χ3n) is 3.70. The largest absolute Gasteiger partial charge is 0.327 e. The van der Waals surface area contributed by atoms with E-state index in [1.54, 1.807) is 35.4 Å². The highest BCUT2D eigenvalue weighted by Crippen LogP contribution is 2.12. The van der Waals surface area contributed by atoms with Crippen LogP contribution in [0.5, 0.6) is 0 Å². The number of Topliss-reactive ketones (excluding diaryl/α,β-unsaturated/α-hetero) is 1. The Morgan fingerprint density at radius 3 is 2.42 bits per heavy atom. The fourth-order valence-corrected chi connectivity index (χ4v) is 3.38. The lowest BCUT2D eigenvalue weighted by Gasteiger charge is -2.09. The Labute approximate surface area is 151 Å². The highest BCUT2D eigenvalue weighted by Gasteiger charge is 2.15. The molecule has 0 atom stereocenters. The van der Waals surface area contributed by atoms with Gasteiger partial charge in [0, 0.05) is 43.4 Å². The van der Waals surface area contributed by atoms with Gasteiger partial charge in [0.2, 0.25) is 10.0 Å². The van der Waals surface area contributed by atoms with Gasteiger partial charge in [-0.25, -0.2) is 28.1 Å². The van der Waals surface area contributed by atoms with Crippen molar-refractivity contribution in [1.29, 1.82) is 0 Å². The quantitative estimate of drug-likeness (QED) is 0.631. The van der Waals surface area contributed by atoms with E-state index < -0.39 is 10.0 Å². The molecular weight excluding hydrogens is 354 g/mol. The molecule has 3 rings (SSSR count). The van der Waals surface area contributed by atoms with Crippen molar-refractivity contribution in [2.45, 2.75) is 18.4 Å². The number of carbonyl (C=O) groups is 1. The Morgan fingerprint density at radius 2 is 1.77 bits per heavy atom. The molecule has 0 aliphatic carbocycles. The predicted molar refractivity (Wildman–Crippen MR) is 94.9 cm³/mol. The number of rotatable bonds is 7. The first kappa shape index (κ1) is 17.9. The summed E-state index contributed by atoms with van der Waals surface area (Å²) in [5, 5.41) is 0. The van der Waals surface area contributed by atoms with E-state index in [-0.39, 0.29) is 17.2 Å². The van der Waals surface area contributed by atoms with Crippen LogP contribution in [0.4, 0.5) is 0 Å². The Hall–Kier alpha value is -2.91. The smallest absolute Gasteiger partial charge is 0.240 e. The molecule has 2 heterocycles. The topological polar surface area (TPSA) is 107 Å². The first-order valence-corrected chi connectivity index (χ1v) is 9.35. The minimum absolute atomic E-state index is 0.111. The van der Waals surface area contributed by atoms with E-state index in [1.807, 2.05) is 0 Å². The fourth-order valence-electron chi connectivity index (χ4n) is 2.36. The highest BCUT2D eigenvalue weighted by atomic mass is 32.2. The lowest BCUT2D eigenvalue weighted by molar-refractivity contribution is 0.101. The summed E-state index contributed by atoms with van der Waals surface area (Å²) in [7, 11) is -3.66. The molecule has 134 valence electrons. The predicted octanol–water partition coefficient (Wildman–Crippen LogP) is 1.52. The van der Waals surface area contributed by atoms with E-state index in [1.165, 1.54) is 31.2 Å². The Bertz CT molecular complexity index is 998. The van der Waals surface area contributed by atoms with Crippen molar-refractivity contribution >= 4 is 15.8 Å². The van der Waals surface area contributed by atoms with Crippen molar-refractivity contribution in [2.75, 3.05) is 6.54 Å². The minimum atomic E-state index is -3.66. The zero-order valence-electron chi connectivity index (χ0n) is 14.0. The van der Waals surface area contributed by atoms with Crippen LogP contribution in [-0.4, -0.2) is 40.3 Å². The molecule has 8 nitrogen and oxygen atoms in total. The van der Waals surface area contributed by atoms with E-state index in [4.69, 9.17) is 0 Å². The summed E-state index contributed by atoms with van der Waals surface area (Å²) in [5.74, 6) is 0.925. The maximum absolute atomic E-state index is 12.4. The molecule has 0 fully saturated rings. The summed E-state index contributed by atoms with van der Waals surface area (Å²) < 4.78 is 29.0. The molecule has 0 saturated heterocycles. The SMILES string of the molecule is CC(=O)c1ccc(S(=O)(=O)NCCn2ccnc2-c2ncccn2)cc1. The zero-order chi connectivity index (χ0) is 18.6. The van der Waals surface area contributed by atoms with Crippen molar-refractivity contribution in [1.82, 2.24) is 24.2 Å². The second-order valence-corrected chi connectivity index (χ2v) is 7.26. The highest BCUT2D eigenvalue weighted by molar-refractivity contribution is 7.89. The van der Waals surface area contributed by atoms with Gasteiger partial charge < -0.3 is 4.57 Å². The van der Waals surface area contributed by atoms with Gasteiger partial charge in [0.1, 0.15) is 0 Å². The van der Waals surface area contributed by atoms with E-state index in [2.05, 4.69) is 19.7 Å². The summed E-state index contributed by atoms with van der Waals surface area (Å²) in [6, 6.07) is 7.54. The van der Waals surface area contributed by atoms with Crippen molar-refractivity contribution in [3.63, 3.8) is 0 Å². The van der Waals surface area contributed by atoms with Gasteiger partial charge in [-0.2, -0.15) is 0 Å². The number of ketones is 1. The Balaban J connectivity index is 1.66. The van der Waals surface area contributed by atoms with Gasteiger partial charge in [-0.05, 0) is 25.1 Å². The van der Waals surface area contributed by atoms with E-state index in [9.17, 15) is 13.2 Å².